The first-order chi connectivity index (χ1) is 17.8. The number of allylic oxidation sites excluding steroid dienone is 1. The predicted molar refractivity (Wildman–Crippen MR) is 133 cm³/mol. The maximum Gasteiger partial charge on any atom is 0.352 e. The molecule has 18 heteroatoms. The van der Waals surface area contributed by atoms with Crippen LogP contribution in [0.2, 0.25) is 0 Å². The van der Waals surface area contributed by atoms with Crippen LogP contribution in [-0.4, -0.2) is 92.1 Å². The third-order valence-electron chi connectivity index (χ3n) is 5.61. The number of carbonyl (C=O) groups excluding carboxylic acids is 2. The number of carbonyl (C=O) groups is 3. The van der Waals surface area contributed by atoms with E-state index in [0.29, 0.717) is 16.5 Å². The lowest BCUT2D eigenvalue weighted by Gasteiger charge is -2.49. The van der Waals surface area contributed by atoms with Crippen molar-refractivity contribution in [3.63, 3.8) is 0 Å². The van der Waals surface area contributed by atoms with Gasteiger partial charge in [0.1, 0.15) is 23.2 Å². The molecule has 3 atom stereocenters. The molecule has 2 aliphatic heterocycles. The van der Waals surface area contributed by atoms with Crippen molar-refractivity contribution in [3.8, 4) is 0 Å². The summed E-state index contributed by atoms with van der Waals surface area (Å²) in [6.45, 7) is 0. The van der Waals surface area contributed by atoms with Gasteiger partial charge in [-0.2, -0.15) is 9.36 Å². The van der Waals surface area contributed by atoms with Gasteiger partial charge in [-0.15, -0.1) is 16.9 Å². The number of tetrazole rings is 1. The van der Waals surface area contributed by atoms with Crippen molar-refractivity contribution >= 4 is 63.7 Å². The number of nitrogens with zero attached hydrogens (tertiary/aromatic N) is 8. The highest BCUT2D eigenvalue weighted by Crippen LogP contribution is 2.41. The van der Waals surface area contributed by atoms with Crippen LogP contribution in [0.1, 0.15) is 18.7 Å². The van der Waals surface area contributed by atoms with E-state index in [1.807, 2.05) is 12.2 Å². The first-order valence-electron chi connectivity index (χ1n) is 10.9. The highest BCUT2D eigenvalue weighted by atomic mass is 32.2. The van der Waals surface area contributed by atoms with Gasteiger partial charge in [0, 0.05) is 30.1 Å². The average Bonchev–Trinajstić information content (AvgIpc) is 3.64. The van der Waals surface area contributed by atoms with E-state index >= 15 is 0 Å². The number of thioether (sulfide) groups is 2. The molecule has 2 aromatic rings. The summed E-state index contributed by atoms with van der Waals surface area (Å²) in [6, 6.07) is -0.962. The van der Waals surface area contributed by atoms with Gasteiger partial charge in [0.25, 0.3) is 11.8 Å². The summed E-state index contributed by atoms with van der Waals surface area (Å²) in [7, 11) is 1.68. The van der Waals surface area contributed by atoms with Crippen LogP contribution in [-0.2, 0) is 26.3 Å². The van der Waals surface area contributed by atoms with Crippen LogP contribution in [0, 0.1) is 0 Å². The number of nitrogen functional groups attached to an aromatic ring is 1. The second kappa shape index (κ2) is 10.5. The van der Waals surface area contributed by atoms with Gasteiger partial charge in [0.15, 0.2) is 5.13 Å². The van der Waals surface area contributed by atoms with Crippen LogP contribution in [0.3, 0.4) is 0 Å². The van der Waals surface area contributed by atoms with Crippen molar-refractivity contribution in [2.45, 2.75) is 35.5 Å². The van der Waals surface area contributed by atoms with E-state index in [2.05, 4.69) is 35.4 Å². The van der Waals surface area contributed by atoms with Crippen molar-refractivity contribution in [2.75, 3.05) is 17.2 Å². The number of carboxylic acids is 1. The zero-order valence-electron chi connectivity index (χ0n) is 19.2. The minimum Gasteiger partial charge on any atom is -0.477 e. The molecule has 1 saturated heterocycles. The molecule has 0 saturated carbocycles. The third-order valence-corrected chi connectivity index (χ3v) is 8.59. The second-order valence-corrected chi connectivity index (χ2v) is 10.9. The predicted octanol–water partition coefficient (Wildman–Crippen LogP) is -0.386. The van der Waals surface area contributed by atoms with Gasteiger partial charge >= 0.3 is 5.97 Å². The van der Waals surface area contributed by atoms with Crippen LogP contribution >= 0.6 is 35.1 Å². The van der Waals surface area contributed by atoms with Crippen molar-refractivity contribution in [2.24, 2.45) is 12.2 Å². The number of hydrogen-bond acceptors (Lipinski definition) is 14. The monoisotopic (exact) mass is 564 g/mol. The zero-order valence-corrected chi connectivity index (χ0v) is 21.6. The number of oxime groups is 1. The van der Waals surface area contributed by atoms with E-state index in [0.717, 1.165) is 24.4 Å². The van der Waals surface area contributed by atoms with Crippen LogP contribution in [0.15, 0.2) is 33.7 Å². The topological polar surface area (TPSA) is 204 Å². The summed E-state index contributed by atoms with van der Waals surface area (Å²) >= 11 is 3.51. The van der Waals surface area contributed by atoms with E-state index in [-0.39, 0.29) is 34.2 Å². The number of aliphatic carboxylic acids is 1. The Labute approximate surface area is 221 Å². The van der Waals surface area contributed by atoms with E-state index in [1.165, 1.54) is 33.1 Å². The molecule has 1 aliphatic carbocycles. The molecule has 1 fully saturated rings. The number of aryl methyl sites for hydroxylation is 1. The van der Waals surface area contributed by atoms with Gasteiger partial charge in [0.05, 0.1) is 0 Å². The van der Waals surface area contributed by atoms with Crippen molar-refractivity contribution in [1.82, 2.24) is 39.8 Å². The molecule has 4 heterocycles. The quantitative estimate of drug-likeness (QED) is 0.117. The van der Waals surface area contributed by atoms with E-state index in [4.69, 9.17) is 10.6 Å². The molecule has 3 aliphatic rings. The number of amides is 2. The summed E-state index contributed by atoms with van der Waals surface area (Å²) in [4.78, 5) is 48.9. The average molecular weight is 565 g/mol. The second-order valence-electron chi connectivity index (χ2n) is 8.04. The Balaban J connectivity index is 1.31. The van der Waals surface area contributed by atoms with Crippen LogP contribution in [0.25, 0.3) is 0 Å². The van der Waals surface area contributed by atoms with Gasteiger partial charge < -0.3 is 21.0 Å². The Kier molecular flexibility index (Phi) is 7.11. The Bertz CT molecular complexity index is 1340. The number of hydrogen-bond donors (Lipinski definition) is 3. The molecule has 194 valence electrons. The Morgan fingerprint density at radius 1 is 1.43 bits per heavy atom. The van der Waals surface area contributed by atoms with E-state index < -0.39 is 29.2 Å². The third kappa shape index (κ3) is 5.03. The number of rotatable bonds is 9. The first kappa shape index (κ1) is 25.2. The lowest BCUT2D eigenvalue weighted by Crippen LogP contribution is -2.71. The SMILES string of the molecule is Cn1nnnc1SCC1=C(C(=O)O)N2C(=O)C(NC(=O)C(=NOC3C=CCC3)c3nsc(N)n3)[C@H]2SC1. The number of nitrogens with two attached hydrogens (primary N) is 1. The maximum atomic E-state index is 13.1. The van der Waals surface area contributed by atoms with Gasteiger partial charge in [0.2, 0.25) is 16.7 Å². The molecule has 2 amide bonds. The first-order valence-corrected chi connectivity index (χ1v) is 13.7. The summed E-state index contributed by atoms with van der Waals surface area (Å²) in [5, 5.41) is 27.7. The maximum absolute atomic E-state index is 13.1. The molecule has 4 N–H and O–H groups in total. The van der Waals surface area contributed by atoms with E-state index in [9.17, 15) is 19.5 Å². The lowest BCUT2D eigenvalue weighted by atomic mass is 10.0. The molecule has 37 heavy (non-hydrogen) atoms. The highest BCUT2D eigenvalue weighted by molar-refractivity contribution is 8.01. The number of fused-ring (bicyclic) bond motifs is 1. The normalized spacial score (nSPS) is 23.2. The number of anilines is 1. The van der Waals surface area contributed by atoms with Crippen molar-refractivity contribution < 1.29 is 24.3 Å². The smallest absolute Gasteiger partial charge is 0.352 e. The summed E-state index contributed by atoms with van der Waals surface area (Å²) in [6.07, 6.45) is 5.06. The molecular weight excluding hydrogens is 544 g/mol. The number of aromatic nitrogens is 6. The summed E-state index contributed by atoms with van der Waals surface area (Å²) < 4.78 is 5.51. The van der Waals surface area contributed by atoms with Gasteiger partial charge in [-0.3, -0.25) is 14.5 Å². The number of carboxylic acid groups (broad SMARTS) is 1. The fourth-order valence-electron chi connectivity index (χ4n) is 3.83. The van der Waals surface area contributed by atoms with Crippen LogP contribution in [0.4, 0.5) is 5.13 Å². The van der Waals surface area contributed by atoms with Crippen molar-refractivity contribution in [1.29, 1.82) is 0 Å². The minimum atomic E-state index is -1.22. The molecule has 15 nitrogen and oxygen atoms in total. The molecule has 2 unspecified atom stereocenters. The summed E-state index contributed by atoms with van der Waals surface area (Å²) in [5.41, 5.74) is 5.91. The molecule has 5 rings (SSSR count). The minimum absolute atomic E-state index is 0.0226. The zero-order chi connectivity index (χ0) is 26.1. The van der Waals surface area contributed by atoms with Gasteiger partial charge in [-0.25, -0.2) is 9.48 Å². The largest absolute Gasteiger partial charge is 0.477 e. The summed E-state index contributed by atoms with van der Waals surface area (Å²) in [5.74, 6) is -1.88. The van der Waals surface area contributed by atoms with Gasteiger partial charge in [-0.1, -0.05) is 23.0 Å². The molecule has 0 bridgehead atoms. The molecule has 2 aromatic heterocycles. The molecule has 0 radical (unpaired) electrons. The standard InChI is InChI=1S/C19H20N10O5S3/c1-28-19(23-26-27-28)36-7-8-6-35-16-11(15(31)29(16)12(8)17(32)33)21-14(30)10(13-22-18(20)37-25-13)24-34-9-4-2-3-5-9/h2,4,9,11,16H,3,5-7H2,1H3,(H,21,30)(H,32,33)(H2,20,22,25)/t9?,11?,16-/m1/s1. The highest BCUT2D eigenvalue weighted by Gasteiger charge is 2.54. The Morgan fingerprint density at radius 2 is 2.27 bits per heavy atom. The van der Waals surface area contributed by atoms with Gasteiger partial charge in [-0.05, 0) is 34.9 Å². The molecular formula is C19H20N10O5S3. The fourth-order valence-corrected chi connectivity index (χ4v) is 6.60. The van der Waals surface area contributed by atoms with E-state index in [1.54, 1.807) is 7.05 Å². The Morgan fingerprint density at radius 3 is 2.92 bits per heavy atom. The number of β-lactam (4-membered cyclic amide) rings is 1. The molecule has 0 aromatic carbocycles. The lowest BCUT2D eigenvalue weighted by molar-refractivity contribution is -0.150. The van der Waals surface area contributed by atoms with Crippen LogP contribution < -0.4 is 11.1 Å². The number of nitrogens with one attached hydrogen (secondary N) is 1. The van der Waals surface area contributed by atoms with Crippen LogP contribution in [0.5, 0.6) is 0 Å². The molecule has 0 spiro atoms. The fraction of sp³-hybridized carbons (Fsp3) is 0.421. The Hall–Kier alpha value is -3.51. The van der Waals surface area contributed by atoms with Crippen molar-refractivity contribution in [3.05, 3.63) is 29.2 Å².